The first-order valence-electron chi connectivity index (χ1n) is 11.4. The molecule has 0 spiro atoms. The second kappa shape index (κ2) is 12.0. The molecule has 2 amide bonds. The van der Waals surface area contributed by atoms with E-state index in [2.05, 4.69) is 10.2 Å². The summed E-state index contributed by atoms with van der Waals surface area (Å²) in [7, 11) is 1.35. The highest BCUT2D eigenvalue weighted by Crippen LogP contribution is 2.46. The molecule has 0 aromatic carbocycles. The van der Waals surface area contributed by atoms with Crippen LogP contribution < -0.4 is 5.32 Å². The van der Waals surface area contributed by atoms with Crippen molar-refractivity contribution in [2.75, 3.05) is 45.7 Å². The lowest BCUT2D eigenvalue weighted by molar-refractivity contribution is -0.193. The number of hydrogen-bond donors (Lipinski definition) is 1. The molecule has 3 rings (SSSR count). The number of carbonyl (C=O) groups excluding carboxylic acids is 4. The van der Waals surface area contributed by atoms with Gasteiger partial charge < -0.3 is 24.4 Å². The molecule has 3 heterocycles. The van der Waals surface area contributed by atoms with E-state index in [9.17, 15) is 19.2 Å². The molecular weight excluding hydrogens is 494 g/mol. The van der Waals surface area contributed by atoms with Gasteiger partial charge in [-0.2, -0.15) is 0 Å². The molecule has 1 unspecified atom stereocenters. The molecule has 1 saturated heterocycles. The van der Waals surface area contributed by atoms with Crippen molar-refractivity contribution in [3.05, 3.63) is 33.7 Å². The van der Waals surface area contributed by atoms with Crippen molar-refractivity contribution in [2.24, 2.45) is 0 Å². The predicted molar refractivity (Wildman–Crippen MR) is 131 cm³/mol. The molecule has 1 aromatic heterocycles. The van der Waals surface area contributed by atoms with Crippen molar-refractivity contribution >= 4 is 46.9 Å². The molecule has 2 aliphatic rings. The summed E-state index contributed by atoms with van der Waals surface area (Å²) in [5.74, 6) is -1.81. The smallest absolute Gasteiger partial charge is 0.355 e. The number of nitrogens with zero attached hydrogens (tertiary/aromatic N) is 2. The third-order valence-corrected chi connectivity index (χ3v) is 8.10. The van der Waals surface area contributed by atoms with Crippen LogP contribution in [0, 0.1) is 0 Å². The molecule has 2 atom stereocenters. The lowest BCUT2D eigenvalue weighted by atomic mass is 9.98. The summed E-state index contributed by atoms with van der Waals surface area (Å²) in [5, 5.41) is 3.93. The first-order valence-corrected chi connectivity index (χ1v) is 13.3. The molecule has 0 aliphatic carbocycles. The minimum Gasteiger partial charge on any atom is -0.461 e. The van der Waals surface area contributed by atoms with Crippen molar-refractivity contribution < 1.29 is 33.4 Å². The van der Waals surface area contributed by atoms with Gasteiger partial charge in [0.1, 0.15) is 24.3 Å². The van der Waals surface area contributed by atoms with Gasteiger partial charge in [-0.15, -0.1) is 23.1 Å². The molecule has 1 N–H and O–H groups in total. The van der Waals surface area contributed by atoms with Gasteiger partial charge in [-0.05, 0) is 24.5 Å². The highest BCUT2D eigenvalue weighted by atomic mass is 32.2. The Labute approximate surface area is 212 Å². The number of ether oxygens (including phenoxy) is 3. The van der Waals surface area contributed by atoms with Crippen molar-refractivity contribution in [2.45, 2.75) is 38.3 Å². The largest absolute Gasteiger partial charge is 0.461 e. The van der Waals surface area contributed by atoms with Gasteiger partial charge in [-0.1, -0.05) is 19.9 Å². The molecule has 0 radical (unpaired) electrons. The molecule has 10 nitrogen and oxygen atoms in total. The highest BCUT2D eigenvalue weighted by molar-refractivity contribution is 8.00. The van der Waals surface area contributed by atoms with E-state index in [1.807, 2.05) is 31.4 Å². The fraction of sp³-hybridized carbons (Fsp3) is 0.565. The van der Waals surface area contributed by atoms with E-state index in [-0.39, 0.29) is 31.2 Å². The summed E-state index contributed by atoms with van der Waals surface area (Å²) in [5.41, 5.74) is -1.09. The van der Waals surface area contributed by atoms with E-state index in [1.165, 1.54) is 42.0 Å². The Hall–Kier alpha value is -2.41. The van der Waals surface area contributed by atoms with Crippen molar-refractivity contribution in [1.29, 1.82) is 0 Å². The Morgan fingerprint density at radius 3 is 2.60 bits per heavy atom. The summed E-state index contributed by atoms with van der Waals surface area (Å²) in [4.78, 5) is 54.8. The van der Waals surface area contributed by atoms with Crippen LogP contribution in [0.3, 0.4) is 0 Å². The molecule has 0 saturated carbocycles. The molecule has 0 bridgehead atoms. The number of rotatable bonds is 12. The first-order chi connectivity index (χ1) is 16.8. The summed E-state index contributed by atoms with van der Waals surface area (Å²) >= 11 is 2.76. The summed E-state index contributed by atoms with van der Waals surface area (Å²) < 4.78 is 16.2. The van der Waals surface area contributed by atoms with Crippen LogP contribution in [-0.4, -0.2) is 90.4 Å². The van der Waals surface area contributed by atoms with Crippen LogP contribution in [-0.2, 0) is 39.8 Å². The lowest BCUT2D eigenvalue weighted by Gasteiger charge is -2.55. The Morgan fingerprint density at radius 1 is 1.26 bits per heavy atom. The Morgan fingerprint density at radius 2 is 2.00 bits per heavy atom. The first kappa shape index (κ1) is 27.2. The maximum Gasteiger partial charge on any atom is 0.355 e. The Bertz CT molecular complexity index is 978. The van der Waals surface area contributed by atoms with E-state index in [4.69, 9.17) is 14.2 Å². The number of amides is 2. The number of nitrogens with one attached hydrogen (secondary N) is 1. The number of thioether (sulfide) groups is 1. The maximum atomic E-state index is 13.4. The maximum absolute atomic E-state index is 13.4. The second-order valence-electron chi connectivity index (χ2n) is 7.98. The summed E-state index contributed by atoms with van der Waals surface area (Å²) in [6.45, 7) is 7.52. The van der Waals surface area contributed by atoms with Crippen molar-refractivity contribution in [1.82, 2.24) is 15.1 Å². The Balaban J connectivity index is 1.79. The number of carbonyl (C=O) groups is 4. The van der Waals surface area contributed by atoms with Crippen LogP contribution >= 0.6 is 23.1 Å². The molecule has 2 aliphatic heterocycles. The van der Waals surface area contributed by atoms with E-state index in [0.717, 1.165) is 18.0 Å². The average molecular weight is 526 g/mol. The van der Waals surface area contributed by atoms with Gasteiger partial charge in [-0.25, -0.2) is 4.79 Å². The number of β-lactam (4-membered cyclic amide) rings is 1. The van der Waals surface area contributed by atoms with Crippen LogP contribution in [0.4, 0.5) is 0 Å². The molecule has 192 valence electrons. The van der Waals surface area contributed by atoms with Gasteiger partial charge in [-0.3, -0.25) is 19.3 Å². The van der Waals surface area contributed by atoms with Gasteiger partial charge in [0.15, 0.2) is 0 Å². The number of hydrogen-bond acceptors (Lipinski definition) is 10. The van der Waals surface area contributed by atoms with Crippen molar-refractivity contribution in [3.63, 3.8) is 0 Å². The number of esters is 2. The summed E-state index contributed by atoms with van der Waals surface area (Å²) in [6, 6.07) is 3.69. The fourth-order valence-electron chi connectivity index (χ4n) is 3.93. The van der Waals surface area contributed by atoms with Crippen LogP contribution in [0.15, 0.2) is 28.8 Å². The zero-order valence-corrected chi connectivity index (χ0v) is 22.0. The van der Waals surface area contributed by atoms with E-state index >= 15 is 0 Å². The zero-order valence-electron chi connectivity index (χ0n) is 20.3. The second-order valence-corrected chi connectivity index (χ2v) is 10.1. The monoisotopic (exact) mass is 525 g/mol. The van der Waals surface area contributed by atoms with Gasteiger partial charge in [0, 0.05) is 36.8 Å². The van der Waals surface area contributed by atoms with Gasteiger partial charge in [0.05, 0.1) is 6.42 Å². The number of likely N-dealkylation sites (N-methyl/N-ethyl adjacent to an activating group) is 1. The SMILES string of the molecule is CCN(CC)CCOC(=O)C1=C(COC(C)=O)CSC2N1C(=O)[C@]2(NC(=O)Cc1cccs1)OC. The number of thiophene rings is 1. The molecule has 12 heteroatoms. The zero-order chi connectivity index (χ0) is 25.6. The van der Waals surface area contributed by atoms with E-state index in [1.54, 1.807) is 0 Å². The highest BCUT2D eigenvalue weighted by Gasteiger charge is 2.66. The quantitative estimate of drug-likeness (QED) is 0.245. The van der Waals surface area contributed by atoms with Crippen LogP contribution in [0.5, 0.6) is 0 Å². The molecule has 35 heavy (non-hydrogen) atoms. The molecule has 1 aromatic rings. The van der Waals surface area contributed by atoms with E-state index < -0.39 is 28.9 Å². The fourth-order valence-corrected chi connectivity index (χ4v) is 6.05. The number of methoxy groups -OCH3 is 1. The third kappa shape index (κ3) is 5.88. The topological polar surface area (TPSA) is 114 Å². The normalized spacial score (nSPS) is 21.5. The van der Waals surface area contributed by atoms with Gasteiger partial charge >= 0.3 is 11.9 Å². The average Bonchev–Trinajstić information content (AvgIpc) is 3.35. The minimum absolute atomic E-state index is 0.0414. The van der Waals surface area contributed by atoms with Gasteiger partial charge in [0.25, 0.3) is 11.6 Å². The Kier molecular flexibility index (Phi) is 9.34. The van der Waals surface area contributed by atoms with Gasteiger partial charge in [0.2, 0.25) is 5.91 Å². The van der Waals surface area contributed by atoms with Crippen LogP contribution in [0.1, 0.15) is 25.6 Å². The minimum atomic E-state index is -1.60. The molecular formula is C23H31N3O7S2. The summed E-state index contributed by atoms with van der Waals surface area (Å²) in [6.07, 6.45) is 0.112. The molecule has 1 fully saturated rings. The standard InChI is InChI=1S/C23H31N3O7S2/c1-5-25(6-2)9-10-32-20(29)19-16(13-33-15(3)27)14-35-22-23(31-4,21(30)26(19)22)24-18(28)12-17-8-7-11-34-17/h7-8,11,22H,5-6,9-10,12-14H2,1-4H3,(H,24,28)/t22?,23-/m0/s1. The number of fused-ring (bicyclic) bond motifs is 1. The van der Waals surface area contributed by atoms with Crippen LogP contribution in [0.25, 0.3) is 0 Å². The lowest BCUT2D eigenvalue weighted by Crippen LogP contribution is -2.80. The van der Waals surface area contributed by atoms with E-state index in [0.29, 0.717) is 17.9 Å². The predicted octanol–water partition coefficient (Wildman–Crippen LogP) is 1.37. The van der Waals surface area contributed by atoms with Crippen LogP contribution in [0.2, 0.25) is 0 Å². The van der Waals surface area contributed by atoms with Crippen molar-refractivity contribution in [3.8, 4) is 0 Å². The third-order valence-electron chi connectivity index (χ3n) is 5.85.